The van der Waals surface area contributed by atoms with Crippen LogP contribution in [0.1, 0.15) is 34.8 Å². The van der Waals surface area contributed by atoms with Crippen molar-refractivity contribution in [1.29, 1.82) is 0 Å². The van der Waals surface area contributed by atoms with Crippen LogP contribution in [0.5, 0.6) is 5.75 Å². The van der Waals surface area contributed by atoms with Crippen LogP contribution in [-0.2, 0) is 0 Å². The number of aromatic carboxylic acids is 1. The Bertz CT molecular complexity index is 676. The predicted molar refractivity (Wildman–Crippen MR) is 72.4 cm³/mol. The number of hydrogen-bond acceptors (Lipinski definition) is 4. The van der Waals surface area contributed by atoms with E-state index in [0.717, 1.165) is 18.4 Å². The van der Waals surface area contributed by atoms with Crippen LogP contribution in [-0.4, -0.2) is 23.3 Å². The number of benzene rings is 1. The van der Waals surface area contributed by atoms with Crippen molar-refractivity contribution in [2.75, 3.05) is 7.11 Å². The summed E-state index contributed by atoms with van der Waals surface area (Å²) in [5, 5.41) is 12.9. The molecule has 1 N–H and O–H groups in total. The summed E-state index contributed by atoms with van der Waals surface area (Å²) in [6.07, 6.45) is 2.22. The summed E-state index contributed by atoms with van der Waals surface area (Å²) in [5.74, 6) is 0.372. The Morgan fingerprint density at radius 2 is 2.20 bits per heavy atom. The molecule has 1 heterocycles. The molecule has 0 atom stereocenters. The second-order valence-electron chi connectivity index (χ2n) is 4.73. The molecule has 3 rings (SSSR count). The number of halogens is 1. The smallest absolute Gasteiger partial charge is 0.358 e. The molecule has 20 heavy (non-hydrogen) atoms. The maximum Gasteiger partial charge on any atom is 0.358 e. The molecule has 1 aromatic heterocycles. The highest BCUT2D eigenvalue weighted by Crippen LogP contribution is 2.48. The molecule has 1 aliphatic carbocycles. The standard InChI is InChI=1S/C14H12ClNO4/c1-19-12-5-8(4-9(15)13(12)7-2-3-7)11-6-10(14(17)18)16-20-11/h4-7H,2-3H2,1H3,(H,17,18). The molecule has 2 aromatic rings. The fraction of sp³-hybridized carbons (Fsp3) is 0.286. The van der Waals surface area contributed by atoms with Crippen LogP contribution < -0.4 is 4.74 Å². The minimum atomic E-state index is -1.13. The van der Waals surface area contributed by atoms with Gasteiger partial charge in [-0.2, -0.15) is 0 Å². The number of methoxy groups -OCH3 is 1. The maximum absolute atomic E-state index is 10.8. The summed E-state index contributed by atoms with van der Waals surface area (Å²) in [7, 11) is 1.59. The number of carboxylic acid groups (broad SMARTS) is 1. The minimum absolute atomic E-state index is 0.138. The van der Waals surface area contributed by atoms with Crippen molar-refractivity contribution < 1.29 is 19.2 Å². The molecule has 104 valence electrons. The first-order valence-electron chi connectivity index (χ1n) is 6.18. The Kier molecular flexibility index (Phi) is 3.14. The number of carboxylic acids is 1. The number of ether oxygens (including phenoxy) is 1. The van der Waals surface area contributed by atoms with E-state index in [1.807, 2.05) is 0 Å². The lowest BCUT2D eigenvalue weighted by atomic mass is 10.0. The number of aromatic nitrogens is 1. The Balaban J connectivity index is 2.05. The molecular weight excluding hydrogens is 282 g/mol. The molecule has 0 amide bonds. The van der Waals surface area contributed by atoms with E-state index in [9.17, 15) is 4.79 Å². The number of carbonyl (C=O) groups is 1. The Morgan fingerprint density at radius 3 is 2.75 bits per heavy atom. The lowest BCUT2D eigenvalue weighted by Crippen LogP contribution is -1.94. The van der Waals surface area contributed by atoms with Gasteiger partial charge in [-0.15, -0.1) is 0 Å². The molecule has 0 unspecified atom stereocenters. The summed E-state index contributed by atoms with van der Waals surface area (Å²) in [6, 6.07) is 4.92. The van der Waals surface area contributed by atoms with Gasteiger partial charge in [0.05, 0.1) is 7.11 Å². The average Bonchev–Trinajstić information content (AvgIpc) is 3.12. The molecule has 5 nitrogen and oxygen atoms in total. The van der Waals surface area contributed by atoms with Crippen LogP contribution in [0.15, 0.2) is 22.7 Å². The second kappa shape index (κ2) is 4.83. The Labute approximate surface area is 120 Å². The number of rotatable bonds is 4. The van der Waals surface area contributed by atoms with Crippen molar-refractivity contribution in [3.63, 3.8) is 0 Å². The monoisotopic (exact) mass is 293 g/mol. The van der Waals surface area contributed by atoms with Crippen molar-refractivity contribution in [1.82, 2.24) is 5.16 Å². The van der Waals surface area contributed by atoms with Gasteiger partial charge in [0.15, 0.2) is 11.5 Å². The van der Waals surface area contributed by atoms with Gasteiger partial charge in [-0.25, -0.2) is 4.79 Å². The largest absolute Gasteiger partial charge is 0.496 e. The molecule has 6 heteroatoms. The zero-order valence-electron chi connectivity index (χ0n) is 10.7. The normalized spacial score (nSPS) is 14.3. The van der Waals surface area contributed by atoms with E-state index in [4.69, 9.17) is 26.0 Å². The molecule has 0 radical (unpaired) electrons. The van der Waals surface area contributed by atoms with Crippen LogP contribution in [0.2, 0.25) is 5.02 Å². The molecular formula is C14H12ClNO4. The second-order valence-corrected chi connectivity index (χ2v) is 5.14. The quantitative estimate of drug-likeness (QED) is 0.932. The zero-order chi connectivity index (χ0) is 14.3. The molecule has 0 bridgehead atoms. The topological polar surface area (TPSA) is 72.6 Å². The van der Waals surface area contributed by atoms with Crippen LogP contribution in [0.4, 0.5) is 0 Å². The van der Waals surface area contributed by atoms with E-state index in [-0.39, 0.29) is 5.69 Å². The third-order valence-electron chi connectivity index (χ3n) is 3.31. The summed E-state index contributed by atoms with van der Waals surface area (Å²) in [6.45, 7) is 0. The van der Waals surface area contributed by atoms with Crippen LogP contribution in [0, 0.1) is 0 Å². The highest BCUT2D eigenvalue weighted by molar-refractivity contribution is 6.32. The van der Waals surface area contributed by atoms with E-state index in [1.165, 1.54) is 6.07 Å². The van der Waals surface area contributed by atoms with Crippen molar-refractivity contribution in [3.8, 4) is 17.1 Å². The van der Waals surface area contributed by atoms with Gasteiger partial charge >= 0.3 is 5.97 Å². The SMILES string of the molecule is COc1cc(-c2cc(C(=O)O)no2)cc(Cl)c1C1CC1. The molecule has 1 fully saturated rings. The molecule has 1 aromatic carbocycles. The average molecular weight is 294 g/mol. The van der Waals surface area contributed by atoms with Gasteiger partial charge in [-0.3, -0.25) is 0 Å². The first-order chi connectivity index (χ1) is 9.60. The number of hydrogen-bond donors (Lipinski definition) is 1. The molecule has 1 saturated carbocycles. The van der Waals surface area contributed by atoms with Crippen molar-refractivity contribution in [3.05, 3.63) is 34.5 Å². The summed E-state index contributed by atoms with van der Waals surface area (Å²) < 4.78 is 10.4. The van der Waals surface area contributed by atoms with Gasteiger partial charge in [-0.1, -0.05) is 16.8 Å². The summed E-state index contributed by atoms with van der Waals surface area (Å²) in [4.78, 5) is 10.8. The van der Waals surface area contributed by atoms with Gasteiger partial charge in [0.2, 0.25) is 0 Å². The highest BCUT2D eigenvalue weighted by atomic mass is 35.5. The van der Waals surface area contributed by atoms with E-state index < -0.39 is 5.97 Å². The van der Waals surface area contributed by atoms with E-state index in [2.05, 4.69) is 5.16 Å². The van der Waals surface area contributed by atoms with Crippen LogP contribution in [0.25, 0.3) is 11.3 Å². The van der Waals surface area contributed by atoms with E-state index >= 15 is 0 Å². The summed E-state index contributed by atoms with van der Waals surface area (Å²) in [5.41, 5.74) is 1.52. The fourth-order valence-electron chi connectivity index (χ4n) is 2.18. The van der Waals surface area contributed by atoms with Crippen molar-refractivity contribution in [2.24, 2.45) is 0 Å². The van der Waals surface area contributed by atoms with Crippen molar-refractivity contribution in [2.45, 2.75) is 18.8 Å². The Morgan fingerprint density at radius 1 is 1.45 bits per heavy atom. The highest BCUT2D eigenvalue weighted by Gasteiger charge is 2.30. The minimum Gasteiger partial charge on any atom is -0.496 e. The first-order valence-corrected chi connectivity index (χ1v) is 6.55. The van der Waals surface area contributed by atoms with E-state index in [1.54, 1.807) is 19.2 Å². The molecule has 0 spiro atoms. The summed E-state index contributed by atoms with van der Waals surface area (Å²) >= 11 is 6.31. The van der Waals surface area contributed by atoms with Crippen molar-refractivity contribution >= 4 is 17.6 Å². The van der Waals surface area contributed by atoms with Gasteiger partial charge in [0, 0.05) is 22.2 Å². The predicted octanol–water partition coefficient (Wildman–Crippen LogP) is 3.58. The van der Waals surface area contributed by atoms with Gasteiger partial charge in [-0.05, 0) is 30.9 Å². The van der Waals surface area contributed by atoms with Gasteiger partial charge in [0.25, 0.3) is 0 Å². The van der Waals surface area contributed by atoms with Crippen LogP contribution in [0.3, 0.4) is 0 Å². The van der Waals surface area contributed by atoms with Crippen LogP contribution >= 0.6 is 11.6 Å². The third-order valence-corrected chi connectivity index (χ3v) is 3.62. The zero-order valence-corrected chi connectivity index (χ0v) is 11.5. The maximum atomic E-state index is 10.8. The van der Waals surface area contributed by atoms with E-state index in [0.29, 0.717) is 28.0 Å². The van der Waals surface area contributed by atoms with Gasteiger partial charge in [0.1, 0.15) is 5.75 Å². The fourth-order valence-corrected chi connectivity index (χ4v) is 2.55. The Hall–Kier alpha value is -2.01. The first kappa shape index (κ1) is 13.0. The lowest BCUT2D eigenvalue weighted by Gasteiger charge is -2.11. The molecule has 0 aliphatic heterocycles. The lowest BCUT2D eigenvalue weighted by molar-refractivity contribution is 0.0686. The number of nitrogens with zero attached hydrogens (tertiary/aromatic N) is 1. The molecule has 0 saturated heterocycles. The third kappa shape index (κ3) is 2.25. The van der Waals surface area contributed by atoms with Gasteiger partial charge < -0.3 is 14.4 Å². The molecule has 1 aliphatic rings.